The van der Waals surface area contributed by atoms with Crippen LogP contribution < -0.4 is 10.6 Å². The molecular formula is C18H26N2O4. The van der Waals surface area contributed by atoms with Crippen LogP contribution in [0.3, 0.4) is 0 Å². The van der Waals surface area contributed by atoms with Gasteiger partial charge in [-0.15, -0.1) is 0 Å². The van der Waals surface area contributed by atoms with E-state index in [-0.39, 0.29) is 12.0 Å². The van der Waals surface area contributed by atoms with E-state index in [0.717, 1.165) is 25.9 Å². The fraction of sp³-hybridized carbons (Fsp3) is 0.556. The van der Waals surface area contributed by atoms with E-state index in [2.05, 4.69) is 10.6 Å². The number of amides is 2. The second-order valence-electron chi connectivity index (χ2n) is 6.88. The number of ether oxygens (including phenoxy) is 2. The first-order valence-corrected chi connectivity index (χ1v) is 8.33. The minimum Gasteiger partial charge on any atom is -0.444 e. The van der Waals surface area contributed by atoms with Gasteiger partial charge in [0.2, 0.25) is 0 Å². The summed E-state index contributed by atoms with van der Waals surface area (Å²) in [6.45, 7) is 6.83. The van der Waals surface area contributed by atoms with E-state index in [1.54, 1.807) is 45.0 Å². The van der Waals surface area contributed by atoms with Gasteiger partial charge in [0.1, 0.15) is 5.60 Å². The van der Waals surface area contributed by atoms with Gasteiger partial charge in [0.15, 0.2) is 0 Å². The van der Waals surface area contributed by atoms with Gasteiger partial charge >= 0.3 is 6.09 Å². The largest absolute Gasteiger partial charge is 0.444 e. The predicted octanol–water partition coefficient (Wildman–Crippen LogP) is 3.33. The molecule has 2 amide bonds. The van der Waals surface area contributed by atoms with Crippen LogP contribution in [0.2, 0.25) is 0 Å². The standard InChI is InChI=1S/C18H26N2O4/c1-18(2,3)24-17(22)20-14-8-6-13(7-9-14)16(21)19-11-10-15-5-4-12-23-15/h6-9,15H,4-5,10-12H2,1-3H3,(H,19,21)(H,20,22)/t15-/m0/s1. The highest BCUT2D eigenvalue weighted by Gasteiger charge is 2.17. The van der Waals surface area contributed by atoms with Gasteiger partial charge in [-0.1, -0.05) is 0 Å². The van der Waals surface area contributed by atoms with Crippen molar-refractivity contribution < 1.29 is 19.1 Å². The molecule has 6 heteroatoms. The topological polar surface area (TPSA) is 76.7 Å². The first-order valence-electron chi connectivity index (χ1n) is 8.33. The zero-order chi connectivity index (χ0) is 17.6. The van der Waals surface area contributed by atoms with Gasteiger partial charge in [0.05, 0.1) is 6.10 Å². The third-order valence-electron chi connectivity index (χ3n) is 3.57. The third kappa shape index (κ3) is 6.20. The molecule has 0 unspecified atom stereocenters. The first-order chi connectivity index (χ1) is 11.3. The Balaban J connectivity index is 1.77. The van der Waals surface area contributed by atoms with Crippen molar-refractivity contribution in [1.82, 2.24) is 5.32 Å². The van der Waals surface area contributed by atoms with Gasteiger partial charge in [0.25, 0.3) is 5.91 Å². The van der Waals surface area contributed by atoms with Gasteiger partial charge in [-0.05, 0) is 64.3 Å². The van der Waals surface area contributed by atoms with E-state index in [9.17, 15) is 9.59 Å². The van der Waals surface area contributed by atoms with Crippen LogP contribution in [0.1, 0.15) is 50.4 Å². The highest BCUT2D eigenvalue weighted by Crippen LogP contribution is 2.15. The van der Waals surface area contributed by atoms with Crippen molar-refractivity contribution in [1.29, 1.82) is 0 Å². The van der Waals surface area contributed by atoms with Gasteiger partial charge in [-0.2, -0.15) is 0 Å². The Hall–Kier alpha value is -2.08. The lowest BCUT2D eigenvalue weighted by molar-refractivity contribution is 0.0635. The normalized spacial score (nSPS) is 17.4. The van der Waals surface area contributed by atoms with Crippen molar-refractivity contribution in [3.8, 4) is 0 Å². The number of hydrogen-bond acceptors (Lipinski definition) is 4. The molecule has 1 aromatic rings. The fourth-order valence-corrected chi connectivity index (χ4v) is 2.45. The Labute approximate surface area is 142 Å². The quantitative estimate of drug-likeness (QED) is 0.866. The monoisotopic (exact) mass is 334 g/mol. The van der Waals surface area contributed by atoms with Gasteiger partial charge in [-0.3, -0.25) is 10.1 Å². The maximum Gasteiger partial charge on any atom is 0.412 e. The summed E-state index contributed by atoms with van der Waals surface area (Å²) in [5.74, 6) is -0.128. The molecule has 2 rings (SSSR count). The van der Waals surface area contributed by atoms with E-state index < -0.39 is 11.7 Å². The summed E-state index contributed by atoms with van der Waals surface area (Å²) in [6.07, 6.45) is 2.76. The van der Waals surface area contributed by atoms with Crippen molar-refractivity contribution >= 4 is 17.7 Å². The molecule has 0 bridgehead atoms. The highest BCUT2D eigenvalue weighted by atomic mass is 16.6. The van der Waals surface area contributed by atoms with Crippen LogP contribution in [-0.4, -0.2) is 36.9 Å². The van der Waals surface area contributed by atoms with Crippen LogP contribution >= 0.6 is 0 Å². The Morgan fingerprint density at radius 1 is 1.25 bits per heavy atom. The molecule has 6 nitrogen and oxygen atoms in total. The zero-order valence-electron chi connectivity index (χ0n) is 14.6. The summed E-state index contributed by atoms with van der Waals surface area (Å²) in [5, 5.41) is 5.52. The number of carbonyl (C=O) groups is 2. The average molecular weight is 334 g/mol. The van der Waals surface area contributed by atoms with Gasteiger partial charge < -0.3 is 14.8 Å². The lowest BCUT2D eigenvalue weighted by atomic mass is 10.1. The van der Waals surface area contributed by atoms with E-state index >= 15 is 0 Å². The molecule has 1 aliphatic heterocycles. The Morgan fingerprint density at radius 2 is 1.96 bits per heavy atom. The lowest BCUT2D eigenvalue weighted by Crippen LogP contribution is -2.27. The van der Waals surface area contributed by atoms with E-state index in [1.807, 2.05) is 0 Å². The van der Waals surface area contributed by atoms with Crippen molar-refractivity contribution in [2.24, 2.45) is 0 Å². The SMILES string of the molecule is CC(C)(C)OC(=O)Nc1ccc(C(=O)NCC[C@@H]2CCCO2)cc1. The molecule has 1 heterocycles. The number of carbonyl (C=O) groups excluding carboxylic acids is 2. The van der Waals surface area contributed by atoms with Crippen LogP contribution in [0.5, 0.6) is 0 Å². The average Bonchev–Trinajstić information content (AvgIpc) is 2.99. The van der Waals surface area contributed by atoms with Gasteiger partial charge in [-0.25, -0.2) is 4.79 Å². The molecule has 1 aliphatic rings. The summed E-state index contributed by atoms with van der Waals surface area (Å²) in [5.41, 5.74) is 0.588. The molecule has 1 fully saturated rings. The van der Waals surface area contributed by atoms with Crippen molar-refractivity contribution in [2.75, 3.05) is 18.5 Å². The highest BCUT2D eigenvalue weighted by molar-refractivity contribution is 5.95. The van der Waals surface area contributed by atoms with E-state index in [0.29, 0.717) is 17.8 Å². The van der Waals surface area contributed by atoms with Crippen LogP contribution in [0.25, 0.3) is 0 Å². The van der Waals surface area contributed by atoms with Crippen molar-refractivity contribution in [3.63, 3.8) is 0 Å². The van der Waals surface area contributed by atoms with Gasteiger partial charge in [0, 0.05) is 24.4 Å². The Kier molecular flexibility index (Phi) is 6.20. The maximum atomic E-state index is 12.1. The van der Waals surface area contributed by atoms with Crippen molar-refractivity contribution in [2.45, 2.75) is 51.7 Å². The van der Waals surface area contributed by atoms with Crippen LogP contribution in [0.15, 0.2) is 24.3 Å². The zero-order valence-corrected chi connectivity index (χ0v) is 14.6. The minimum atomic E-state index is -0.549. The summed E-state index contributed by atoms with van der Waals surface area (Å²) in [6, 6.07) is 6.71. The third-order valence-corrected chi connectivity index (χ3v) is 3.57. The fourth-order valence-electron chi connectivity index (χ4n) is 2.45. The summed E-state index contributed by atoms with van der Waals surface area (Å²) >= 11 is 0. The summed E-state index contributed by atoms with van der Waals surface area (Å²) in [7, 11) is 0. The molecule has 2 N–H and O–H groups in total. The molecule has 1 saturated heterocycles. The number of hydrogen-bond donors (Lipinski definition) is 2. The molecule has 0 aromatic heterocycles. The van der Waals surface area contributed by atoms with Crippen LogP contribution in [0.4, 0.5) is 10.5 Å². The van der Waals surface area contributed by atoms with Crippen LogP contribution in [-0.2, 0) is 9.47 Å². The second-order valence-corrected chi connectivity index (χ2v) is 6.88. The summed E-state index contributed by atoms with van der Waals surface area (Å²) < 4.78 is 10.7. The van der Waals surface area contributed by atoms with E-state index in [1.165, 1.54) is 0 Å². The molecular weight excluding hydrogens is 308 g/mol. The molecule has 0 saturated carbocycles. The molecule has 0 spiro atoms. The number of anilines is 1. The molecule has 1 atom stereocenters. The molecule has 1 aromatic carbocycles. The number of rotatable bonds is 5. The van der Waals surface area contributed by atoms with Crippen molar-refractivity contribution in [3.05, 3.63) is 29.8 Å². The minimum absolute atomic E-state index is 0.128. The maximum absolute atomic E-state index is 12.1. The number of nitrogens with one attached hydrogen (secondary N) is 2. The smallest absolute Gasteiger partial charge is 0.412 e. The van der Waals surface area contributed by atoms with Crippen LogP contribution in [0, 0.1) is 0 Å². The summed E-state index contributed by atoms with van der Waals surface area (Å²) in [4.78, 5) is 23.8. The second kappa shape index (κ2) is 8.15. The van der Waals surface area contributed by atoms with E-state index in [4.69, 9.17) is 9.47 Å². The molecule has 24 heavy (non-hydrogen) atoms. The molecule has 0 radical (unpaired) electrons. The Morgan fingerprint density at radius 3 is 2.54 bits per heavy atom. The lowest BCUT2D eigenvalue weighted by Gasteiger charge is -2.19. The first kappa shape index (κ1) is 18.3. The predicted molar refractivity (Wildman–Crippen MR) is 92.2 cm³/mol. The molecule has 132 valence electrons. The molecule has 0 aliphatic carbocycles. The number of benzene rings is 1. The Bertz CT molecular complexity index is 557.